The number of aliphatic hydroxyl groups is 1. The van der Waals surface area contributed by atoms with E-state index in [0.717, 1.165) is 32.1 Å². The highest BCUT2D eigenvalue weighted by atomic mass is 19.3. The number of hydrogen-bond acceptors (Lipinski definition) is 2. The molecule has 0 bridgehead atoms. The van der Waals surface area contributed by atoms with Crippen molar-refractivity contribution < 1.29 is 18.7 Å². The van der Waals surface area contributed by atoms with Gasteiger partial charge >= 0.3 is 0 Å². The van der Waals surface area contributed by atoms with Crippen molar-refractivity contribution >= 4 is 5.78 Å². The summed E-state index contributed by atoms with van der Waals surface area (Å²) in [6, 6.07) is 0. The van der Waals surface area contributed by atoms with E-state index >= 15 is 0 Å². The Hall–Kier alpha value is -0.510. The zero-order valence-corrected chi connectivity index (χ0v) is 14.6. The molecule has 0 aromatic carbocycles. The third-order valence-corrected chi connectivity index (χ3v) is 8.29. The molecule has 0 aromatic rings. The smallest absolute Gasteiger partial charge is 0.266 e. The van der Waals surface area contributed by atoms with Crippen LogP contribution in [-0.2, 0) is 4.79 Å². The number of carbonyl (C=O) groups excluding carboxylic acids is 1. The molecule has 1 N–H and O–H groups in total. The lowest BCUT2D eigenvalue weighted by Crippen LogP contribution is -2.51. The topological polar surface area (TPSA) is 37.3 Å². The molecule has 2 nitrogen and oxygen atoms in total. The van der Waals surface area contributed by atoms with Crippen LogP contribution in [0.1, 0.15) is 64.7 Å². The first-order valence-electron chi connectivity index (χ1n) is 9.91. The molecule has 8 atom stereocenters. The Morgan fingerprint density at radius 1 is 0.917 bits per heavy atom. The number of hydrogen-bond donors (Lipinski definition) is 1. The van der Waals surface area contributed by atoms with Gasteiger partial charge in [-0.2, -0.15) is 0 Å². The molecule has 0 amide bonds. The maximum Gasteiger partial charge on any atom is 0.266 e. The zero-order valence-electron chi connectivity index (χ0n) is 14.6. The van der Waals surface area contributed by atoms with E-state index < -0.39 is 12.0 Å². The van der Waals surface area contributed by atoms with E-state index in [9.17, 15) is 18.7 Å². The van der Waals surface area contributed by atoms with E-state index in [4.69, 9.17) is 0 Å². The summed E-state index contributed by atoms with van der Waals surface area (Å²) in [5.74, 6) is 4.08. The number of alkyl halides is 2. The number of Topliss-reactive ketones (excluding diaryl/α,β-unsaturated/α-hetero) is 1. The number of rotatable bonds is 2. The quantitative estimate of drug-likeness (QED) is 0.806. The van der Waals surface area contributed by atoms with Crippen molar-refractivity contribution in [2.24, 2.45) is 41.4 Å². The van der Waals surface area contributed by atoms with Crippen LogP contribution in [0.3, 0.4) is 0 Å². The van der Waals surface area contributed by atoms with Gasteiger partial charge in [-0.3, -0.25) is 4.79 Å². The molecule has 0 heterocycles. The van der Waals surface area contributed by atoms with Crippen molar-refractivity contribution in [3.8, 4) is 0 Å². The minimum atomic E-state index is -2.61. The molecule has 0 saturated heterocycles. The number of carbonyl (C=O) groups is 1. The molecule has 4 aliphatic rings. The lowest BCUT2D eigenvalue weighted by Gasteiger charge is -2.54. The van der Waals surface area contributed by atoms with Crippen LogP contribution in [0.25, 0.3) is 0 Å². The second kappa shape index (κ2) is 6.03. The van der Waals surface area contributed by atoms with Crippen LogP contribution in [0.15, 0.2) is 0 Å². The number of fused-ring (bicyclic) bond motifs is 5. The molecular formula is C20H30F2O2. The lowest BCUT2D eigenvalue weighted by molar-refractivity contribution is -0.155. The largest absolute Gasteiger partial charge is 0.384 e. The van der Waals surface area contributed by atoms with E-state index in [1.54, 1.807) is 6.92 Å². The van der Waals surface area contributed by atoms with Crippen molar-refractivity contribution in [3.05, 3.63) is 0 Å². The van der Waals surface area contributed by atoms with E-state index in [2.05, 4.69) is 0 Å². The highest BCUT2D eigenvalue weighted by molar-refractivity contribution is 5.79. The molecule has 4 fully saturated rings. The summed E-state index contributed by atoms with van der Waals surface area (Å²) >= 11 is 0. The van der Waals surface area contributed by atoms with Gasteiger partial charge in [-0.1, -0.05) is 0 Å². The summed E-state index contributed by atoms with van der Waals surface area (Å²) < 4.78 is 26.4. The first kappa shape index (κ1) is 16.9. The van der Waals surface area contributed by atoms with E-state index in [1.165, 1.54) is 12.8 Å². The first-order valence-corrected chi connectivity index (χ1v) is 9.91. The van der Waals surface area contributed by atoms with Crippen molar-refractivity contribution in [3.63, 3.8) is 0 Å². The maximum absolute atomic E-state index is 13.2. The van der Waals surface area contributed by atoms with Gasteiger partial charge in [0.05, 0.1) is 0 Å². The van der Waals surface area contributed by atoms with Gasteiger partial charge in [-0.05, 0) is 100 Å². The molecular weight excluding hydrogens is 310 g/mol. The molecule has 24 heavy (non-hydrogen) atoms. The highest BCUT2D eigenvalue weighted by Crippen LogP contribution is 2.60. The molecule has 4 saturated carbocycles. The summed E-state index contributed by atoms with van der Waals surface area (Å²) in [6.07, 6.45) is 5.40. The summed E-state index contributed by atoms with van der Waals surface area (Å²) in [6.45, 7) is 1.75. The molecule has 4 aliphatic carbocycles. The molecule has 4 heteroatoms. The zero-order chi connectivity index (χ0) is 17.1. The van der Waals surface area contributed by atoms with Crippen LogP contribution >= 0.6 is 0 Å². The Bertz CT molecular complexity index is 508. The molecule has 0 unspecified atom stereocenters. The van der Waals surface area contributed by atoms with Crippen LogP contribution in [0.5, 0.6) is 0 Å². The van der Waals surface area contributed by atoms with Crippen molar-refractivity contribution in [2.45, 2.75) is 76.7 Å². The highest BCUT2D eigenvalue weighted by Gasteiger charge is 2.55. The molecule has 136 valence electrons. The molecule has 4 rings (SSSR count). The fourth-order valence-corrected chi connectivity index (χ4v) is 7.27. The van der Waals surface area contributed by atoms with Crippen LogP contribution in [0.2, 0.25) is 0 Å². The Labute approximate surface area is 143 Å². The van der Waals surface area contributed by atoms with Crippen LogP contribution < -0.4 is 0 Å². The van der Waals surface area contributed by atoms with Gasteiger partial charge in [0.2, 0.25) is 0 Å². The summed E-state index contributed by atoms with van der Waals surface area (Å²) in [5, 5.41) is 10.2. The van der Waals surface area contributed by atoms with Gasteiger partial charge in [-0.15, -0.1) is 0 Å². The van der Waals surface area contributed by atoms with E-state index in [1.807, 2.05) is 0 Å². The standard InChI is InChI=1S/C20H30F2O2/c1-11(23)13-4-5-18-15(13)6-7-16-14-8-9-20(24,19(21)22)10-12(14)2-3-17(16)18/h12-19,24H,2-10H2,1H3/t12-,13-,14+,15-,16-,17-,18-,20-/m1/s1. The predicted octanol–water partition coefficient (Wildman–Crippen LogP) is 4.45. The average molecular weight is 340 g/mol. The van der Waals surface area contributed by atoms with Crippen LogP contribution in [0.4, 0.5) is 8.78 Å². The number of ketones is 1. The van der Waals surface area contributed by atoms with Crippen molar-refractivity contribution in [1.29, 1.82) is 0 Å². The predicted molar refractivity (Wildman–Crippen MR) is 87.6 cm³/mol. The van der Waals surface area contributed by atoms with Crippen LogP contribution in [-0.4, -0.2) is 22.9 Å². The Balaban J connectivity index is 1.49. The normalized spacial score (nSPS) is 51.0. The number of halogens is 2. The molecule has 0 aromatic heterocycles. The minimum absolute atomic E-state index is 0.263. The average Bonchev–Trinajstić information content (AvgIpc) is 2.98. The van der Waals surface area contributed by atoms with Gasteiger partial charge in [0.15, 0.2) is 0 Å². The third kappa shape index (κ3) is 2.55. The fourth-order valence-electron chi connectivity index (χ4n) is 7.27. The van der Waals surface area contributed by atoms with Gasteiger partial charge in [0.25, 0.3) is 6.43 Å². The molecule has 0 spiro atoms. The van der Waals surface area contributed by atoms with E-state index in [-0.39, 0.29) is 18.3 Å². The van der Waals surface area contributed by atoms with E-state index in [0.29, 0.717) is 41.8 Å². The first-order chi connectivity index (χ1) is 11.4. The third-order valence-electron chi connectivity index (χ3n) is 8.29. The van der Waals surface area contributed by atoms with Crippen LogP contribution in [0, 0.1) is 41.4 Å². The minimum Gasteiger partial charge on any atom is -0.384 e. The second-order valence-corrected chi connectivity index (χ2v) is 9.18. The Morgan fingerprint density at radius 3 is 2.21 bits per heavy atom. The summed E-state index contributed by atoms with van der Waals surface area (Å²) in [7, 11) is 0. The van der Waals surface area contributed by atoms with Gasteiger partial charge in [-0.25, -0.2) is 8.78 Å². The monoisotopic (exact) mass is 340 g/mol. The Morgan fingerprint density at radius 2 is 1.50 bits per heavy atom. The van der Waals surface area contributed by atoms with Gasteiger partial charge in [0.1, 0.15) is 11.4 Å². The summed E-state index contributed by atoms with van der Waals surface area (Å²) in [4.78, 5) is 11.9. The lowest BCUT2D eigenvalue weighted by atomic mass is 9.52. The molecule has 0 radical (unpaired) electrons. The fraction of sp³-hybridized carbons (Fsp3) is 0.950. The molecule has 0 aliphatic heterocycles. The van der Waals surface area contributed by atoms with Gasteiger partial charge < -0.3 is 5.11 Å². The van der Waals surface area contributed by atoms with Crippen molar-refractivity contribution in [2.75, 3.05) is 0 Å². The Kier molecular flexibility index (Phi) is 4.26. The SMILES string of the molecule is CC(=O)[C@H]1CC[C@H]2[C@@H]3CC[C@@H]4C[C@@](O)(C(F)F)CC[C@@H]4[C@H]3CC[C@@H]21. The summed E-state index contributed by atoms with van der Waals surface area (Å²) in [5.41, 5.74) is -1.74. The maximum atomic E-state index is 13.2. The van der Waals surface area contributed by atoms with Gasteiger partial charge in [0, 0.05) is 5.92 Å². The van der Waals surface area contributed by atoms with Crippen molar-refractivity contribution in [1.82, 2.24) is 0 Å². The second-order valence-electron chi connectivity index (χ2n) is 9.18.